The molecule has 0 fully saturated rings. The van der Waals surface area contributed by atoms with Gasteiger partial charge in [-0.05, 0) is 47.7 Å². The van der Waals surface area contributed by atoms with Crippen molar-refractivity contribution < 1.29 is 22.4 Å². The molecule has 2 amide bonds. The van der Waals surface area contributed by atoms with Crippen LogP contribution in [-0.2, 0) is 16.6 Å². The average Bonchev–Trinajstić information content (AvgIpc) is 3.63. The van der Waals surface area contributed by atoms with E-state index in [0.29, 0.717) is 22.4 Å². The molecular weight excluding hydrogens is 555 g/mol. The Labute approximate surface area is 233 Å². The van der Waals surface area contributed by atoms with E-state index in [4.69, 9.17) is 0 Å². The van der Waals surface area contributed by atoms with E-state index in [0.717, 1.165) is 17.7 Å². The molecule has 0 bridgehead atoms. The number of aryl methyl sites for hydroxylation is 1. The third kappa shape index (κ3) is 5.27. The quantitative estimate of drug-likeness (QED) is 0.343. The molecule has 10 nitrogen and oxygen atoms in total. The molecule has 1 aliphatic rings. The van der Waals surface area contributed by atoms with Crippen LogP contribution in [-0.4, -0.2) is 36.7 Å². The summed E-state index contributed by atoms with van der Waals surface area (Å²) in [7, 11) is -3.93. The number of benzene rings is 2. The molecule has 0 saturated heterocycles. The lowest BCUT2D eigenvalue weighted by atomic mass is 10.1. The highest BCUT2D eigenvalue weighted by atomic mass is 32.2. The monoisotopic (exact) mass is 576 g/mol. The van der Waals surface area contributed by atoms with Gasteiger partial charge in [-0.1, -0.05) is 24.3 Å². The van der Waals surface area contributed by atoms with Crippen LogP contribution in [0, 0.1) is 24.1 Å². The largest absolute Gasteiger partial charge is 0.347 e. The lowest BCUT2D eigenvalue weighted by molar-refractivity contribution is 0.0934. The summed E-state index contributed by atoms with van der Waals surface area (Å²) in [4.78, 5) is 33.8. The van der Waals surface area contributed by atoms with E-state index in [2.05, 4.69) is 20.6 Å². The van der Waals surface area contributed by atoms with Crippen LogP contribution in [0.5, 0.6) is 0 Å². The number of nitriles is 1. The number of thiophene rings is 1. The molecule has 3 heterocycles. The predicted octanol–water partition coefficient (Wildman–Crippen LogP) is 3.47. The van der Waals surface area contributed by atoms with Gasteiger partial charge in [-0.25, -0.2) is 22.8 Å². The van der Waals surface area contributed by atoms with Crippen LogP contribution in [0.3, 0.4) is 0 Å². The summed E-state index contributed by atoms with van der Waals surface area (Å²) in [5, 5.41) is 16.5. The van der Waals surface area contributed by atoms with E-state index >= 15 is 0 Å². The molecule has 2 N–H and O–H groups in total. The molecule has 2 aromatic heterocycles. The highest BCUT2D eigenvalue weighted by Crippen LogP contribution is 2.40. The Morgan fingerprint density at radius 3 is 2.60 bits per heavy atom. The highest BCUT2D eigenvalue weighted by molar-refractivity contribution is 7.94. The predicted molar refractivity (Wildman–Crippen MR) is 145 cm³/mol. The van der Waals surface area contributed by atoms with Crippen molar-refractivity contribution in [2.75, 3.05) is 10.8 Å². The van der Waals surface area contributed by atoms with E-state index in [9.17, 15) is 27.7 Å². The van der Waals surface area contributed by atoms with Crippen molar-refractivity contribution in [2.45, 2.75) is 23.7 Å². The number of sulfonamides is 1. The summed E-state index contributed by atoms with van der Waals surface area (Å²) < 4.78 is 41.5. The number of hydrogen-bond acceptors (Lipinski definition) is 8. The van der Waals surface area contributed by atoms with Crippen LogP contribution >= 0.6 is 11.3 Å². The molecule has 0 spiro atoms. The fraction of sp³-hybridized carbons (Fsp3) is 0.148. The number of hydrogen-bond donors (Lipinski definition) is 2. The number of fused-ring (bicyclic) bond motifs is 1. The summed E-state index contributed by atoms with van der Waals surface area (Å²) in [6.45, 7) is 1.66. The summed E-state index contributed by atoms with van der Waals surface area (Å²) >= 11 is 1.07. The minimum atomic E-state index is -3.93. The standard InChI is InChI=1S/C27H21FN6O4S2/c1-16-9-18(5-7-20(16)28)13-30-26(35)21-11-22(32-15-31-21)27(36)33-23-14-34(40(37,38)25-3-2-8-39-25)24-10-17(12-29)4-6-19(23)24/h2-11,15,23H,13-14H2,1H3,(H,30,35)(H,33,36). The molecule has 1 aliphatic heterocycles. The minimum absolute atomic E-state index is 0.0497. The number of amides is 2. The summed E-state index contributed by atoms with van der Waals surface area (Å²) in [5.41, 5.74) is 2.11. The Bertz CT molecular complexity index is 1770. The maximum atomic E-state index is 13.5. The van der Waals surface area contributed by atoms with Gasteiger partial charge in [-0.2, -0.15) is 5.26 Å². The molecular formula is C27H21FN6O4S2. The Morgan fingerprint density at radius 2 is 1.90 bits per heavy atom. The first-order valence-corrected chi connectivity index (χ1v) is 14.3. The van der Waals surface area contributed by atoms with Crippen LogP contribution in [0.2, 0.25) is 0 Å². The van der Waals surface area contributed by atoms with Gasteiger partial charge in [0.2, 0.25) is 0 Å². The lowest BCUT2D eigenvalue weighted by Gasteiger charge is -2.19. The third-order valence-electron chi connectivity index (χ3n) is 6.30. The fourth-order valence-electron chi connectivity index (χ4n) is 4.28. The molecule has 0 radical (unpaired) electrons. The fourth-order valence-corrected chi connectivity index (χ4v) is 6.89. The zero-order valence-corrected chi connectivity index (χ0v) is 22.6. The zero-order chi connectivity index (χ0) is 28.4. The first-order chi connectivity index (χ1) is 19.2. The summed E-state index contributed by atoms with van der Waals surface area (Å²) in [6, 6.07) is 14.8. The van der Waals surface area contributed by atoms with Crippen LogP contribution < -0.4 is 14.9 Å². The summed E-state index contributed by atoms with van der Waals surface area (Å²) in [6.07, 6.45) is 1.08. The Morgan fingerprint density at radius 1 is 1.12 bits per heavy atom. The Kier molecular flexibility index (Phi) is 7.29. The minimum Gasteiger partial charge on any atom is -0.347 e. The number of carbonyl (C=O) groups is 2. The van der Waals surface area contributed by atoms with Gasteiger partial charge < -0.3 is 10.6 Å². The first-order valence-electron chi connectivity index (χ1n) is 11.9. The molecule has 4 aromatic rings. The topological polar surface area (TPSA) is 145 Å². The second kappa shape index (κ2) is 10.8. The van der Waals surface area contributed by atoms with Gasteiger partial charge in [0.1, 0.15) is 27.7 Å². The summed E-state index contributed by atoms with van der Waals surface area (Å²) in [5.74, 6) is -1.53. The van der Waals surface area contributed by atoms with E-state index in [1.54, 1.807) is 42.6 Å². The molecule has 13 heteroatoms. The van der Waals surface area contributed by atoms with E-state index in [1.165, 1.54) is 28.6 Å². The molecule has 40 heavy (non-hydrogen) atoms. The molecule has 202 valence electrons. The number of nitrogens with zero attached hydrogens (tertiary/aromatic N) is 4. The number of carbonyl (C=O) groups excluding carboxylic acids is 2. The number of nitrogens with one attached hydrogen (secondary N) is 2. The van der Waals surface area contributed by atoms with Crippen molar-refractivity contribution >= 4 is 38.9 Å². The van der Waals surface area contributed by atoms with Gasteiger partial charge in [-0.15, -0.1) is 11.3 Å². The molecule has 1 unspecified atom stereocenters. The van der Waals surface area contributed by atoms with Crippen LogP contribution in [0.1, 0.15) is 49.3 Å². The van der Waals surface area contributed by atoms with Crippen LogP contribution in [0.15, 0.2) is 70.5 Å². The Balaban J connectivity index is 1.34. The second-order valence-corrected chi connectivity index (χ2v) is 12.0. The van der Waals surface area contributed by atoms with Gasteiger partial charge in [0, 0.05) is 18.2 Å². The van der Waals surface area contributed by atoms with E-state index in [-0.39, 0.29) is 40.1 Å². The van der Waals surface area contributed by atoms with Crippen molar-refractivity contribution in [1.29, 1.82) is 5.26 Å². The van der Waals surface area contributed by atoms with E-state index in [1.807, 2.05) is 6.07 Å². The smallest absolute Gasteiger partial charge is 0.273 e. The SMILES string of the molecule is Cc1cc(CNC(=O)c2cc(C(=O)NC3CN(S(=O)(=O)c4cccs4)c4cc(C#N)ccc43)ncn2)ccc1F. The van der Waals surface area contributed by atoms with Gasteiger partial charge in [0.05, 0.1) is 29.9 Å². The van der Waals surface area contributed by atoms with Crippen molar-refractivity contribution in [3.05, 3.63) is 106 Å². The first kappa shape index (κ1) is 26.9. The van der Waals surface area contributed by atoms with Crippen molar-refractivity contribution in [2.24, 2.45) is 0 Å². The van der Waals surface area contributed by atoms with Crippen molar-refractivity contribution in [3.8, 4) is 6.07 Å². The van der Waals surface area contributed by atoms with Gasteiger partial charge in [0.25, 0.3) is 21.8 Å². The zero-order valence-electron chi connectivity index (χ0n) is 21.0. The lowest BCUT2D eigenvalue weighted by Crippen LogP contribution is -2.35. The maximum Gasteiger partial charge on any atom is 0.273 e. The maximum absolute atomic E-state index is 13.5. The van der Waals surface area contributed by atoms with E-state index < -0.39 is 27.9 Å². The number of anilines is 1. The van der Waals surface area contributed by atoms with Crippen molar-refractivity contribution in [3.63, 3.8) is 0 Å². The van der Waals surface area contributed by atoms with Crippen molar-refractivity contribution in [1.82, 2.24) is 20.6 Å². The second-order valence-electron chi connectivity index (χ2n) is 8.93. The highest BCUT2D eigenvalue weighted by Gasteiger charge is 2.38. The van der Waals surface area contributed by atoms with Gasteiger partial charge >= 0.3 is 0 Å². The molecule has 1 atom stereocenters. The molecule has 0 aliphatic carbocycles. The average molecular weight is 577 g/mol. The number of halogens is 1. The number of rotatable bonds is 7. The normalized spacial score (nSPS) is 14.3. The van der Waals surface area contributed by atoms with Crippen LogP contribution in [0.25, 0.3) is 0 Å². The molecule has 5 rings (SSSR count). The van der Waals surface area contributed by atoms with Gasteiger partial charge in [0.15, 0.2) is 0 Å². The van der Waals surface area contributed by atoms with Gasteiger partial charge in [-0.3, -0.25) is 13.9 Å². The Hall–Kier alpha value is -4.67. The van der Waals surface area contributed by atoms with Crippen LogP contribution in [0.4, 0.5) is 10.1 Å². The molecule has 2 aromatic carbocycles. The molecule has 0 saturated carbocycles. The third-order valence-corrected chi connectivity index (χ3v) is 9.46. The number of aromatic nitrogens is 2.